The first-order valence-electron chi connectivity index (χ1n) is 6.05. The highest BCUT2D eigenvalue weighted by Crippen LogP contribution is 2.18. The van der Waals surface area contributed by atoms with Crippen LogP contribution in [0.5, 0.6) is 0 Å². The standard InChI is InChI=1S/C12H16N6O/c1-3-13-7-12(19)15-10-5-4-9(2)11(6-10)18-8-14-16-17-18/h4-6,8,13H,3,7H2,1-2H3,(H,15,19). The van der Waals surface area contributed by atoms with Gasteiger partial charge in [-0.15, -0.1) is 5.10 Å². The molecule has 1 aromatic heterocycles. The first-order chi connectivity index (χ1) is 9.20. The van der Waals surface area contributed by atoms with Crippen LogP contribution in [0.3, 0.4) is 0 Å². The SMILES string of the molecule is CCNCC(=O)Nc1ccc(C)c(-n2cnnn2)c1. The Labute approximate surface area is 111 Å². The lowest BCUT2D eigenvalue weighted by atomic mass is 10.2. The number of rotatable bonds is 5. The van der Waals surface area contributed by atoms with Gasteiger partial charge in [-0.1, -0.05) is 13.0 Å². The molecule has 1 amide bonds. The zero-order chi connectivity index (χ0) is 13.7. The Morgan fingerprint density at radius 1 is 1.42 bits per heavy atom. The summed E-state index contributed by atoms with van der Waals surface area (Å²) in [4.78, 5) is 11.6. The van der Waals surface area contributed by atoms with Crippen molar-refractivity contribution >= 4 is 11.6 Å². The van der Waals surface area contributed by atoms with Crippen molar-refractivity contribution in [2.45, 2.75) is 13.8 Å². The number of anilines is 1. The van der Waals surface area contributed by atoms with Gasteiger partial charge in [0.2, 0.25) is 5.91 Å². The predicted octanol–water partition coefficient (Wildman–Crippen LogP) is 0.519. The van der Waals surface area contributed by atoms with Gasteiger partial charge >= 0.3 is 0 Å². The topological polar surface area (TPSA) is 84.7 Å². The second-order valence-electron chi connectivity index (χ2n) is 4.08. The lowest BCUT2D eigenvalue weighted by Gasteiger charge is -2.09. The van der Waals surface area contributed by atoms with E-state index in [1.807, 2.05) is 32.0 Å². The average molecular weight is 260 g/mol. The van der Waals surface area contributed by atoms with Crippen LogP contribution in [-0.2, 0) is 4.79 Å². The summed E-state index contributed by atoms with van der Waals surface area (Å²) in [6.45, 7) is 4.97. The Morgan fingerprint density at radius 3 is 2.95 bits per heavy atom. The molecular weight excluding hydrogens is 244 g/mol. The van der Waals surface area contributed by atoms with Crippen LogP contribution in [0.4, 0.5) is 5.69 Å². The quantitative estimate of drug-likeness (QED) is 0.818. The third kappa shape index (κ3) is 3.35. The van der Waals surface area contributed by atoms with Crippen molar-refractivity contribution < 1.29 is 4.79 Å². The van der Waals surface area contributed by atoms with Gasteiger partial charge in [0.25, 0.3) is 0 Å². The minimum atomic E-state index is -0.0756. The van der Waals surface area contributed by atoms with Gasteiger partial charge in [-0.2, -0.15) is 0 Å². The predicted molar refractivity (Wildman–Crippen MR) is 71.1 cm³/mol. The average Bonchev–Trinajstić information content (AvgIpc) is 2.92. The molecule has 1 aromatic carbocycles. The number of carbonyl (C=O) groups excluding carboxylic acids is 1. The number of benzene rings is 1. The van der Waals surface area contributed by atoms with Crippen molar-refractivity contribution in [1.82, 2.24) is 25.5 Å². The minimum absolute atomic E-state index is 0.0756. The number of aromatic nitrogens is 4. The van der Waals surface area contributed by atoms with E-state index < -0.39 is 0 Å². The molecule has 2 N–H and O–H groups in total. The number of hydrogen-bond acceptors (Lipinski definition) is 5. The zero-order valence-corrected chi connectivity index (χ0v) is 10.9. The van der Waals surface area contributed by atoms with E-state index in [2.05, 4.69) is 26.2 Å². The van der Waals surface area contributed by atoms with E-state index in [0.29, 0.717) is 6.54 Å². The van der Waals surface area contributed by atoms with Crippen molar-refractivity contribution in [3.63, 3.8) is 0 Å². The molecule has 0 aliphatic carbocycles. The number of carbonyl (C=O) groups is 1. The largest absolute Gasteiger partial charge is 0.325 e. The van der Waals surface area contributed by atoms with Crippen LogP contribution >= 0.6 is 0 Å². The summed E-state index contributed by atoms with van der Waals surface area (Å²) in [6.07, 6.45) is 1.52. The highest BCUT2D eigenvalue weighted by atomic mass is 16.1. The fourth-order valence-electron chi connectivity index (χ4n) is 1.65. The van der Waals surface area contributed by atoms with E-state index in [9.17, 15) is 4.79 Å². The Kier molecular flexibility index (Phi) is 4.19. The van der Waals surface area contributed by atoms with Crippen LogP contribution in [0.15, 0.2) is 24.5 Å². The van der Waals surface area contributed by atoms with E-state index in [0.717, 1.165) is 23.5 Å². The van der Waals surface area contributed by atoms with Crippen LogP contribution in [0.25, 0.3) is 5.69 Å². The molecule has 7 heteroatoms. The van der Waals surface area contributed by atoms with Gasteiger partial charge in [0.05, 0.1) is 12.2 Å². The molecule has 0 atom stereocenters. The molecule has 0 radical (unpaired) electrons. The van der Waals surface area contributed by atoms with Crippen molar-refractivity contribution in [1.29, 1.82) is 0 Å². The lowest BCUT2D eigenvalue weighted by molar-refractivity contribution is -0.115. The molecule has 0 aliphatic heterocycles. The van der Waals surface area contributed by atoms with E-state index in [1.165, 1.54) is 6.33 Å². The number of nitrogens with one attached hydrogen (secondary N) is 2. The Balaban J connectivity index is 2.15. The monoisotopic (exact) mass is 260 g/mol. The van der Waals surface area contributed by atoms with Crippen molar-refractivity contribution in [3.05, 3.63) is 30.1 Å². The number of amides is 1. The molecule has 19 heavy (non-hydrogen) atoms. The Bertz CT molecular complexity index is 551. The molecule has 2 rings (SSSR count). The number of tetrazole rings is 1. The summed E-state index contributed by atoms with van der Waals surface area (Å²) < 4.78 is 1.56. The van der Waals surface area contributed by atoms with Gasteiger partial charge in [-0.05, 0) is 41.6 Å². The number of hydrogen-bond donors (Lipinski definition) is 2. The van der Waals surface area contributed by atoms with Crippen molar-refractivity contribution in [3.8, 4) is 5.69 Å². The highest BCUT2D eigenvalue weighted by Gasteiger charge is 2.06. The second-order valence-corrected chi connectivity index (χ2v) is 4.08. The normalized spacial score (nSPS) is 10.4. The molecule has 0 fully saturated rings. The van der Waals surface area contributed by atoms with Crippen LogP contribution in [-0.4, -0.2) is 39.2 Å². The minimum Gasteiger partial charge on any atom is -0.325 e. The molecule has 0 aliphatic rings. The van der Waals surface area contributed by atoms with Gasteiger partial charge < -0.3 is 10.6 Å². The maximum atomic E-state index is 11.6. The van der Waals surface area contributed by atoms with E-state index >= 15 is 0 Å². The maximum Gasteiger partial charge on any atom is 0.238 e. The summed E-state index contributed by atoms with van der Waals surface area (Å²) in [6, 6.07) is 5.61. The summed E-state index contributed by atoms with van der Waals surface area (Å²) in [5, 5.41) is 16.9. The summed E-state index contributed by atoms with van der Waals surface area (Å²) in [7, 11) is 0. The molecule has 2 aromatic rings. The Morgan fingerprint density at radius 2 is 2.26 bits per heavy atom. The van der Waals surface area contributed by atoms with Gasteiger partial charge in [-0.25, -0.2) is 4.68 Å². The molecule has 0 spiro atoms. The molecule has 0 bridgehead atoms. The van der Waals surface area contributed by atoms with Crippen molar-refractivity contribution in [2.24, 2.45) is 0 Å². The highest BCUT2D eigenvalue weighted by molar-refractivity contribution is 5.92. The van der Waals surface area contributed by atoms with Crippen molar-refractivity contribution in [2.75, 3.05) is 18.4 Å². The van der Waals surface area contributed by atoms with Gasteiger partial charge in [0, 0.05) is 5.69 Å². The summed E-state index contributed by atoms with van der Waals surface area (Å²) >= 11 is 0. The second kappa shape index (κ2) is 6.05. The zero-order valence-electron chi connectivity index (χ0n) is 10.9. The first kappa shape index (κ1) is 13.2. The molecule has 1 heterocycles. The smallest absolute Gasteiger partial charge is 0.238 e. The molecule has 0 saturated heterocycles. The molecule has 7 nitrogen and oxygen atoms in total. The van der Waals surface area contributed by atoms with E-state index in [1.54, 1.807) is 4.68 Å². The fraction of sp³-hybridized carbons (Fsp3) is 0.333. The van der Waals surface area contributed by atoms with Crippen LogP contribution in [0.1, 0.15) is 12.5 Å². The Hall–Kier alpha value is -2.28. The third-order valence-electron chi connectivity index (χ3n) is 2.62. The molecule has 0 unspecified atom stereocenters. The maximum absolute atomic E-state index is 11.6. The fourth-order valence-corrected chi connectivity index (χ4v) is 1.65. The number of likely N-dealkylation sites (N-methyl/N-ethyl adjacent to an activating group) is 1. The van der Waals surface area contributed by atoms with Crippen LogP contribution in [0, 0.1) is 6.92 Å². The first-order valence-corrected chi connectivity index (χ1v) is 6.05. The van der Waals surface area contributed by atoms with Gasteiger partial charge in [0.1, 0.15) is 6.33 Å². The number of nitrogens with zero attached hydrogens (tertiary/aromatic N) is 4. The molecule has 0 saturated carbocycles. The summed E-state index contributed by atoms with van der Waals surface area (Å²) in [5.41, 5.74) is 2.59. The lowest BCUT2D eigenvalue weighted by Crippen LogP contribution is -2.27. The number of aryl methyl sites for hydroxylation is 1. The van der Waals surface area contributed by atoms with Crippen LogP contribution in [0.2, 0.25) is 0 Å². The van der Waals surface area contributed by atoms with Gasteiger partial charge in [-0.3, -0.25) is 4.79 Å². The van der Waals surface area contributed by atoms with E-state index in [4.69, 9.17) is 0 Å². The van der Waals surface area contributed by atoms with Crippen LogP contribution < -0.4 is 10.6 Å². The summed E-state index contributed by atoms with van der Waals surface area (Å²) in [5.74, 6) is -0.0756. The van der Waals surface area contributed by atoms with E-state index in [-0.39, 0.29) is 5.91 Å². The third-order valence-corrected chi connectivity index (χ3v) is 2.62. The molecule has 100 valence electrons. The molecular formula is C12H16N6O. The van der Waals surface area contributed by atoms with Gasteiger partial charge in [0.15, 0.2) is 0 Å².